The first-order valence-electron chi connectivity index (χ1n) is 14.6. The lowest BCUT2D eigenvalue weighted by Crippen LogP contribution is -2.43. The first-order chi connectivity index (χ1) is 20.1. The van der Waals surface area contributed by atoms with Gasteiger partial charge in [-0.2, -0.15) is 23.1 Å². The number of aromatic nitrogens is 3. The SMILES string of the molecule is Cc1ccc(SC(F)(F)F)c(-c2ncc3c(N4CC5CCC(C5)C4)nc(OC[C@@]45CCCN4C[C@H](F)C5)nc3c2F)c1. The van der Waals surface area contributed by atoms with Gasteiger partial charge < -0.3 is 9.64 Å². The molecule has 6 nitrogen and oxygen atoms in total. The summed E-state index contributed by atoms with van der Waals surface area (Å²) in [5.74, 6) is 0.751. The van der Waals surface area contributed by atoms with E-state index in [9.17, 15) is 17.6 Å². The number of piperidine rings is 1. The molecule has 4 fully saturated rings. The summed E-state index contributed by atoms with van der Waals surface area (Å²) in [6.45, 7) is 4.66. The monoisotopic (exact) mass is 605 g/mol. The highest BCUT2D eigenvalue weighted by atomic mass is 32.2. The molecule has 3 aliphatic heterocycles. The fourth-order valence-corrected chi connectivity index (χ4v) is 8.24. The van der Waals surface area contributed by atoms with Gasteiger partial charge in [0.15, 0.2) is 5.82 Å². The predicted molar refractivity (Wildman–Crippen MR) is 151 cm³/mol. The highest BCUT2D eigenvalue weighted by molar-refractivity contribution is 8.00. The van der Waals surface area contributed by atoms with Crippen LogP contribution in [0.25, 0.3) is 22.2 Å². The first kappa shape index (κ1) is 28.1. The Morgan fingerprint density at radius 2 is 1.90 bits per heavy atom. The zero-order chi connectivity index (χ0) is 29.2. The topological polar surface area (TPSA) is 54.4 Å². The smallest absolute Gasteiger partial charge is 0.446 e. The minimum Gasteiger partial charge on any atom is -0.461 e. The number of aryl methyl sites for hydroxylation is 1. The average Bonchev–Trinajstić information content (AvgIpc) is 3.58. The van der Waals surface area contributed by atoms with E-state index in [-0.39, 0.29) is 46.0 Å². The van der Waals surface area contributed by atoms with Crippen molar-refractivity contribution in [3.05, 3.63) is 35.8 Å². The Morgan fingerprint density at radius 1 is 1.12 bits per heavy atom. The molecule has 0 spiro atoms. The van der Waals surface area contributed by atoms with Gasteiger partial charge in [-0.3, -0.25) is 9.88 Å². The molecule has 1 aromatic carbocycles. The molecule has 0 radical (unpaired) electrons. The van der Waals surface area contributed by atoms with Crippen molar-refractivity contribution in [3.8, 4) is 17.3 Å². The number of alkyl halides is 4. The Morgan fingerprint density at radius 3 is 2.67 bits per heavy atom. The van der Waals surface area contributed by atoms with Crippen molar-refractivity contribution in [2.45, 2.75) is 67.6 Å². The molecule has 2 unspecified atom stereocenters. The van der Waals surface area contributed by atoms with Crippen molar-refractivity contribution in [1.82, 2.24) is 19.9 Å². The van der Waals surface area contributed by atoms with Crippen LogP contribution in [0.1, 0.15) is 44.1 Å². The largest absolute Gasteiger partial charge is 0.461 e. The molecule has 42 heavy (non-hydrogen) atoms. The van der Waals surface area contributed by atoms with E-state index in [2.05, 4.69) is 19.8 Å². The Kier molecular flexibility index (Phi) is 6.99. The summed E-state index contributed by atoms with van der Waals surface area (Å²) in [5.41, 5.74) is -4.50. The molecule has 3 saturated heterocycles. The number of benzene rings is 1. The van der Waals surface area contributed by atoms with Gasteiger partial charge in [0.2, 0.25) is 0 Å². The maximum Gasteiger partial charge on any atom is 0.446 e. The molecule has 4 aliphatic rings. The van der Waals surface area contributed by atoms with E-state index in [1.807, 2.05) is 0 Å². The summed E-state index contributed by atoms with van der Waals surface area (Å²) in [7, 11) is 0. The third-order valence-electron chi connectivity index (χ3n) is 9.40. The lowest BCUT2D eigenvalue weighted by molar-refractivity contribution is -0.0328. The number of rotatable bonds is 6. The van der Waals surface area contributed by atoms with Crippen LogP contribution in [-0.4, -0.2) is 69.9 Å². The Balaban J connectivity index is 1.32. The summed E-state index contributed by atoms with van der Waals surface area (Å²) in [6.07, 6.45) is 6.12. The van der Waals surface area contributed by atoms with Gasteiger partial charge in [0.05, 0.1) is 10.9 Å². The fourth-order valence-electron chi connectivity index (χ4n) is 7.59. The molecular weight excluding hydrogens is 573 g/mol. The second kappa shape index (κ2) is 10.5. The summed E-state index contributed by atoms with van der Waals surface area (Å²) in [5, 5.41) is 0.396. The number of halogens is 5. The Bertz CT molecular complexity index is 1510. The molecule has 7 rings (SSSR count). The van der Waals surface area contributed by atoms with Crippen molar-refractivity contribution in [2.24, 2.45) is 11.8 Å². The van der Waals surface area contributed by atoms with Gasteiger partial charge in [0.25, 0.3) is 0 Å². The van der Waals surface area contributed by atoms with Crippen molar-refractivity contribution >= 4 is 28.5 Å². The van der Waals surface area contributed by atoms with E-state index in [1.54, 1.807) is 13.0 Å². The second-order valence-corrected chi connectivity index (χ2v) is 13.5. The molecule has 5 heterocycles. The molecule has 4 atom stereocenters. The molecule has 1 aliphatic carbocycles. The Labute approximate surface area is 245 Å². The minimum absolute atomic E-state index is 0.0101. The summed E-state index contributed by atoms with van der Waals surface area (Å²) < 4.78 is 77.1. The van der Waals surface area contributed by atoms with Crippen molar-refractivity contribution < 1.29 is 26.7 Å². The van der Waals surface area contributed by atoms with E-state index < -0.39 is 23.0 Å². The maximum atomic E-state index is 16.4. The summed E-state index contributed by atoms with van der Waals surface area (Å²) >= 11 is -0.296. The zero-order valence-electron chi connectivity index (χ0n) is 23.3. The third-order valence-corrected chi connectivity index (χ3v) is 10.2. The summed E-state index contributed by atoms with van der Waals surface area (Å²) in [4.78, 5) is 17.7. The normalized spacial score (nSPS) is 27.7. The van der Waals surface area contributed by atoms with Crippen LogP contribution in [0.3, 0.4) is 0 Å². The molecule has 224 valence electrons. The lowest BCUT2D eigenvalue weighted by Gasteiger charge is -2.34. The van der Waals surface area contributed by atoms with Crippen LogP contribution >= 0.6 is 11.8 Å². The van der Waals surface area contributed by atoms with Crippen LogP contribution in [0.4, 0.5) is 27.8 Å². The lowest BCUT2D eigenvalue weighted by atomic mass is 9.95. The number of pyridine rings is 1. The van der Waals surface area contributed by atoms with Gasteiger partial charge in [0, 0.05) is 42.7 Å². The first-order valence-corrected chi connectivity index (χ1v) is 15.4. The minimum atomic E-state index is -4.55. The average molecular weight is 606 g/mol. The number of anilines is 1. The number of hydrogen-bond donors (Lipinski definition) is 0. The summed E-state index contributed by atoms with van der Waals surface area (Å²) in [6, 6.07) is 4.40. The number of hydrogen-bond acceptors (Lipinski definition) is 7. The molecule has 12 heteroatoms. The van der Waals surface area contributed by atoms with E-state index in [4.69, 9.17) is 9.72 Å². The standard InChI is InChI=1S/C30H32F5N5OS/c1-17-3-6-23(42-30(33,34)35)21(9-17)25-24(32)26-22(12-36-25)27(39-13-18-4-5-19(10-18)14-39)38-28(37-26)41-16-29-7-2-8-40(29)15-20(31)11-29/h3,6,9,12,18-20H,2,4-5,7-8,10-11,13-16H2,1H3/t18?,19?,20-,29+/m1/s1. The van der Waals surface area contributed by atoms with E-state index in [1.165, 1.54) is 18.3 Å². The quantitative estimate of drug-likeness (QED) is 0.223. The fraction of sp³-hybridized carbons (Fsp3) is 0.567. The van der Waals surface area contributed by atoms with Gasteiger partial charge in [-0.1, -0.05) is 11.6 Å². The van der Waals surface area contributed by atoms with Gasteiger partial charge in [-0.05, 0) is 81.3 Å². The molecule has 0 N–H and O–H groups in total. The predicted octanol–water partition coefficient (Wildman–Crippen LogP) is 6.94. The third kappa shape index (κ3) is 5.18. The number of ether oxygens (including phenoxy) is 1. The highest BCUT2D eigenvalue weighted by Gasteiger charge is 2.49. The van der Waals surface area contributed by atoms with Crippen molar-refractivity contribution in [2.75, 3.05) is 37.7 Å². The van der Waals surface area contributed by atoms with Gasteiger partial charge >= 0.3 is 11.5 Å². The number of nitrogens with zero attached hydrogens (tertiary/aromatic N) is 5. The van der Waals surface area contributed by atoms with Crippen LogP contribution in [0.15, 0.2) is 29.3 Å². The van der Waals surface area contributed by atoms with Crippen LogP contribution in [0.2, 0.25) is 0 Å². The van der Waals surface area contributed by atoms with Gasteiger partial charge in [-0.15, -0.1) is 0 Å². The molecular formula is C30H32F5N5OS. The molecule has 2 aromatic heterocycles. The second-order valence-electron chi connectivity index (χ2n) is 12.4. The van der Waals surface area contributed by atoms with Crippen LogP contribution < -0.4 is 9.64 Å². The molecule has 2 bridgehead atoms. The van der Waals surface area contributed by atoms with E-state index >= 15 is 4.39 Å². The maximum absolute atomic E-state index is 16.4. The number of fused-ring (bicyclic) bond motifs is 4. The van der Waals surface area contributed by atoms with Crippen LogP contribution in [0, 0.1) is 24.6 Å². The van der Waals surface area contributed by atoms with Crippen molar-refractivity contribution in [3.63, 3.8) is 0 Å². The molecule has 3 aromatic rings. The molecule has 1 saturated carbocycles. The van der Waals surface area contributed by atoms with Crippen LogP contribution in [-0.2, 0) is 0 Å². The molecule has 0 amide bonds. The van der Waals surface area contributed by atoms with Gasteiger partial charge in [-0.25, -0.2) is 8.78 Å². The number of thioether (sulfide) groups is 1. The van der Waals surface area contributed by atoms with Crippen LogP contribution in [0.5, 0.6) is 6.01 Å². The van der Waals surface area contributed by atoms with Crippen molar-refractivity contribution in [1.29, 1.82) is 0 Å². The zero-order valence-corrected chi connectivity index (χ0v) is 24.1. The highest BCUT2D eigenvalue weighted by Crippen LogP contribution is 2.45. The van der Waals surface area contributed by atoms with E-state index in [0.29, 0.717) is 41.6 Å². The van der Waals surface area contributed by atoms with Gasteiger partial charge in [0.1, 0.15) is 29.8 Å². The Hall–Kier alpha value is -2.73. The van der Waals surface area contributed by atoms with E-state index in [0.717, 1.165) is 51.7 Å².